The Balaban J connectivity index is 0.00000256. The zero-order valence-corrected chi connectivity index (χ0v) is 12.1. The number of carbonyl (C=O) groups is 1. The third kappa shape index (κ3) is 5.26. The van der Waals surface area contributed by atoms with Crippen molar-refractivity contribution in [3.05, 3.63) is 0 Å². The molecule has 1 atom stereocenters. The molecule has 0 aromatic heterocycles. The van der Waals surface area contributed by atoms with Crippen molar-refractivity contribution in [3.63, 3.8) is 0 Å². The third-order valence-corrected chi connectivity index (χ3v) is 3.50. The van der Waals surface area contributed by atoms with E-state index in [4.69, 9.17) is 5.73 Å². The molecular formula is C13H27ClN2O. The molecule has 1 rings (SSSR count). The minimum Gasteiger partial charge on any atom is -0.352 e. The molecule has 0 spiro atoms. The van der Waals surface area contributed by atoms with Gasteiger partial charge in [0.15, 0.2) is 0 Å². The molecule has 0 saturated heterocycles. The van der Waals surface area contributed by atoms with Crippen LogP contribution in [0.3, 0.4) is 0 Å². The summed E-state index contributed by atoms with van der Waals surface area (Å²) in [5.41, 5.74) is 5.52. The molecular weight excluding hydrogens is 236 g/mol. The van der Waals surface area contributed by atoms with Gasteiger partial charge in [0, 0.05) is 6.04 Å². The summed E-state index contributed by atoms with van der Waals surface area (Å²) in [7, 11) is 0. The third-order valence-electron chi connectivity index (χ3n) is 3.50. The van der Waals surface area contributed by atoms with Crippen LogP contribution < -0.4 is 11.1 Å². The van der Waals surface area contributed by atoms with Crippen LogP contribution in [-0.2, 0) is 4.79 Å². The van der Waals surface area contributed by atoms with E-state index in [9.17, 15) is 4.79 Å². The quantitative estimate of drug-likeness (QED) is 0.800. The van der Waals surface area contributed by atoms with E-state index in [1.165, 1.54) is 0 Å². The van der Waals surface area contributed by atoms with Crippen LogP contribution in [0.2, 0.25) is 0 Å². The second-order valence-electron chi connectivity index (χ2n) is 5.71. The van der Waals surface area contributed by atoms with Gasteiger partial charge in [0.25, 0.3) is 0 Å². The van der Waals surface area contributed by atoms with Gasteiger partial charge in [0.05, 0.1) is 5.54 Å². The minimum absolute atomic E-state index is 0. The normalized spacial score (nSPS) is 19.8. The maximum atomic E-state index is 12.0. The number of nitrogens with one attached hydrogen (secondary N) is 1. The second kappa shape index (κ2) is 7.22. The van der Waals surface area contributed by atoms with Crippen molar-refractivity contribution < 1.29 is 4.79 Å². The number of nitrogens with two attached hydrogens (primary N) is 1. The summed E-state index contributed by atoms with van der Waals surface area (Å²) >= 11 is 0. The van der Waals surface area contributed by atoms with Gasteiger partial charge in [-0.25, -0.2) is 0 Å². The summed E-state index contributed by atoms with van der Waals surface area (Å²) in [6.07, 6.45) is 6.05. The standard InChI is InChI=1S/C13H26N2O.ClH/c1-10(2)6-7-11(3)15-12(16)13(14)8-4-5-9-13;/h10-11H,4-9,14H2,1-3H3,(H,15,16);1H. The van der Waals surface area contributed by atoms with Crippen molar-refractivity contribution in [2.45, 2.75) is 70.9 Å². The van der Waals surface area contributed by atoms with Gasteiger partial charge in [-0.05, 0) is 38.5 Å². The molecule has 0 heterocycles. The molecule has 3 N–H and O–H groups in total. The average Bonchev–Trinajstić information content (AvgIpc) is 2.63. The molecule has 1 aliphatic carbocycles. The number of hydrogen-bond donors (Lipinski definition) is 2. The number of halogens is 1. The van der Waals surface area contributed by atoms with E-state index in [1.54, 1.807) is 0 Å². The van der Waals surface area contributed by atoms with Crippen LogP contribution in [0.1, 0.15) is 59.3 Å². The van der Waals surface area contributed by atoms with Crippen LogP contribution in [-0.4, -0.2) is 17.5 Å². The molecule has 1 aliphatic rings. The van der Waals surface area contributed by atoms with Gasteiger partial charge < -0.3 is 11.1 Å². The topological polar surface area (TPSA) is 55.1 Å². The fourth-order valence-electron chi connectivity index (χ4n) is 2.26. The highest BCUT2D eigenvalue weighted by molar-refractivity contribution is 5.86. The lowest BCUT2D eigenvalue weighted by atomic mass is 9.97. The van der Waals surface area contributed by atoms with Gasteiger partial charge in [-0.15, -0.1) is 12.4 Å². The predicted molar refractivity (Wildman–Crippen MR) is 74.3 cm³/mol. The van der Waals surface area contributed by atoms with Crippen LogP contribution in [0.15, 0.2) is 0 Å². The van der Waals surface area contributed by atoms with Crippen LogP contribution >= 0.6 is 12.4 Å². The van der Waals surface area contributed by atoms with Gasteiger partial charge in [0.1, 0.15) is 0 Å². The van der Waals surface area contributed by atoms with Gasteiger partial charge in [0.2, 0.25) is 5.91 Å². The molecule has 17 heavy (non-hydrogen) atoms. The van der Waals surface area contributed by atoms with Crippen molar-refractivity contribution in [3.8, 4) is 0 Å². The SMILES string of the molecule is CC(C)CCC(C)NC(=O)C1(N)CCCC1.Cl. The molecule has 3 nitrogen and oxygen atoms in total. The van der Waals surface area contributed by atoms with Crippen molar-refractivity contribution in [1.82, 2.24) is 5.32 Å². The Morgan fingerprint density at radius 3 is 2.24 bits per heavy atom. The van der Waals surface area contributed by atoms with Gasteiger partial charge in [-0.1, -0.05) is 26.7 Å². The second-order valence-corrected chi connectivity index (χ2v) is 5.71. The van der Waals surface area contributed by atoms with Crippen LogP contribution in [0, 0.1) is 5.92 Å². The van der Waals surface area contributed by atoms with Crippen molar-refractivity contribution in [2.75, 3.05) is 0 Å². The maximum Gasteiger partial charge on any atom is 0.240 e. The van der Waals surface area contributed by atoms with E-state index in [-0.39, 0.29) is 24.4 Å². The summed E-state index contributed by atoms with van der Waals surface area (Å²) in [5, 5.41) is 3.05. The Hall–Kier alpha value is -0.280. The monoisotopic (exact) mass is 262 g/mol. The fraction of sp³-hybridized carbons (Fsp3) is 0.923. The van der Waals surface area contributed by atoms with E-state index in [0.717, 1.165) is 38.5 Å². The van der Waals surface area contributed by atoms with E-state index in [0.29, 0.717) is 5.92 Å². The highest BCUT2D eigenvalue weighted by Crippen LogP contribution is 2.27. The van der Waals surface area contributed by atoms with Crippen LogP contribution in [0.25, 0.3) is 0 Å². The molecule has 0 aliphatic heterocycles. The zero-order valence-electron chi connectivity index (χ0n) is 11.3. The Kier molecular flexibility index (Phi) is 7.10. The molecule has 1 unspecified atom stereocenters. The number of hydrogen-bond acceptors (Lipinski definition) is 2. The Labute approximate surface area is 111 Å². The summed E-state index contributed by atoms with van der Waals surface area (Å²) in [4.78, 5) is 12.0. The summed E-state index contributed by atoms with van der Waals surface area (Å²) in [6.45, 7) is 6.48. The van der Waals surface area contributed by atoms with E-state index >= 15 is 0 Å². The number of rotatable bonds is 5. The zero-order chi connectivity index (χ0) is 12.2. The van der Waals surface area contributed by atoms with Gasteiger partial charge >= 0.3 is 0 Å². The number of carbonyl (C=O) groups excluding carboxylic acids is 1. The van der Waals surface area contributed by atoms with Gasteiger partial charge in [-0.3, -0.25) is 4.79 Å². The molecule has 0 aromatic carbocycles. The molecule has 1 amide bonds. The number of amides is 1. The first kappa shape index (κ1) is 16.7. The van der Waals surface area contributed by atoms with Crippen molar-refractivity contribution >= 4 is 18.3 Å². The van der Waals surface area contributed by atoms with E-state index in [1.807, 2.05) is 0 Å². The van der Waals surface area contributed by atoms with Crippen LogP contribution in [0.4, 0.5) is 0 Å². The lowest BCUT2D eigenvalue weighted by Crippen LogP contribution is -2.54. The Bertz CT molecular complexity index is 238. The highest BCUT2D eigenvalue weighted by Gasteiger charge is 2.37. The molecule has 1 fully saturated rings. The molecule has 0 aromatic rings. The lowest BCUT2D eigenvalue weighted by molar-refractivity contribution is -0.126. The minimum atomic E-state index is -0.577. The summed E-state index contributed by atoms with van der Waals surface area (Å²) in [5.74, 6) is 0.749. The highest BCUT2D eigenvalue weighted by atomic mass is 35.5. The Morgan fingerprint density at radius 2 is 1.76 bits per heavy atom. The van der Waals surface area contributed by atoms with Gasteiger partial charge in [-0.2, -0.15) is 0 Å². The molecule has 0 radical (unpaired) electrons. The first-order valence-electron chi connectivity index (χ1n) is 6.54. The van der Waals surface area contributed by atoms with Crippen molar-refractivity contribution in [2.24, 2.45) is 11.7 Å². The smallest absolute Gasteiger partial charge is 0.240 e. The first-order valence-corrected chi connectivity index (χ1v) is 6.54. The maximum absolute atomic E-state index is 12.0. The predicted octanol–water partition coefficient (Wildman–Crippen LogP) is 2.62. The van der Waals surface area contributed by atoms with E-state index < -0.39 is 5.54 Å². The Morgan fingerprint density at radius 1 is 1.24 bits per heavy atom. The average molecular weight is 263 g/mol. The molecule has 0 bridgehead atoms. The van der Waals surface area contributed by atoms with Crippen molar-refractivity contribution in [1.29, 1.82) is 0 Å². The summed E-state index contributed by atoms with van der Waals surface area (Å²) in [6, 6.07) is 0.246. The molecule has 102 valence electrons. The molecule has 1 saturated carbocycles. The van der Waals surface area contributed by atoms with Crippen LogP contribution in [0.5, 0.6) is 0 Å². The fourth-order valence-corrected chi connectivity index (χ4v) is 2.26. The lowest BCUT2D eigenvalue weighted by Gasteiger charge is -2.25. The summed E-state index contributed by atoms with van der Waals surface area (Å²) < 4.78 is 0. The van der Waals surface area contributed by atoms with E-state index in [2.05, 4.69) is 26.1 Å². The first-order chi connectivity index (χ1) is 7.44. The largest absolute Gasteiger partial charge is 0.352 e. The molecule has 4 heteroatoms.